The van der Waals surface area contributed by atoms with Crippen LogP contribution in [0.3, 0.4) is 0 Å². The van der Waals surface area contributed by atoms with Crippen LogP contribution in [-0.2, 0) is 4.79 Å². The van der Waals surface area contributed by atoms with E-state index in [-0.39, 0.29) is 5.91 Å². The lowest BCUT2D eigenvalue weighted by Crippen LogP contribution is -2.57. The van der Waals surface area contributed by atoms with Crippen LogP contribution in [-0.4, -0.2) is 47.0 Å². The van der Waals surface area contributed by atoms with E-state index in [2.05, 4.69) is 54.3 Å². The quantitative estimate of drug-likeness (QED) is 0.557. The van der Waals surface area contributed by atoms with Gasteiger partial charge in [-0.1, -0.05) is 52.7 Å². The number of carbonyl (C=O) groups is 1. The Labute approximate surface area is 220 Å². The zero-order chi connectivity index (χ0) is 27.1. The Morgan fingerprint density at radius 1 is 1.22 bits per heavy atom. The Morgan fingerprint density at radius 3 is 2.46 bits per heavy atom. The monoisotopic (exact) mass is 509 g/mol. The highest BCUT2D eigenvalue weighted by Gasteiger charge is 2.37. The molecule has 1 unspecified atom stereocenters. The van der Waals surface area contributed by atoms with Crippen molar-refractivity contribution in [1.29, 1.82) is 5.26 Å². The maximum absolute atomic E-state index is 12.7. The number of nitrogens with one attached hydrogen (secondary N) is 2. The van der Waals surface area contributed by atoms with Crippen LogP contribution in [0.25, 0.3) is 11.0 Å². The highest BCUT2D eigenvalue weighted by Crippen LogP contribution is 2.37. The molecule has 0 bridgehead atoms. The van der Waals surface area contributed by atoms with Crippen molar-refractivity contribution >= 4 is 22.7 Å². The Balaban J connectivity index is 0.000000356. The number of likely N-dealkylation sites (tertiary alicyclic amines) is 1. The second-order valence-corrected chi connectivity index (χ2v) is 11.6. The van der Waals surface area contributed by atoms with Crippen LogP contribution < -0.4 is 16.4 Å². The molecule has 2 N–H and O–H groups in total. The smallest absolute Gasteiger partial charge is 0.408 e. The number of aromatic nitrogens is 1. The summed E-state index contributed by atoms with van der Waals surface area (Å²) < 4.78 is 5.07. The van der Waals surface area contributed by atoms with Gasteiger partial charge >= 0.3 is 5.76 Å². The van der Waals surface area contributed by atoms with Crippen molar-refractivity contribution in [3.63, 3.8) is 0 Å². The minimum Gasteiger partial charge on any atom is -0.408 e. The average molecular weight is 510 g/mol. The van der Waals surface area contributed by atoms with Crippen molar-refractivity contribution < 1.29 is 9.21 Å². The van der Waals surface area contributed by atoms with Gasteiger partial charge in [0, 0.05) is 13.1 Å². The zero-order valence-electron chi connectivity index (χ0n) is 23.1. The third-order valence-electron chi connectivity index (χ3n) is 7.74. The number of benzene rings is 1. The summed E-state index contributed by atoms with van der Waals surface area (Å²) in [6.45, 7) is 13.5. The summed E-state index contributed by atoms with van der Waals surface area (Å²) in [6, 6.07) is 8.62. The predicted molar refractivity (Wildman–Crippen MR) is 147 cm³/mol. The summed E-state index contributed by atoms with van der Waals surface area (Å²) in [7, 11) is 0. The lowest BCUT2D eigenvalue weighted by molar-refractivity contribution is -0.123. The van der Waals surface area contributed by atoms with Gasteiger partial charge in [-0.3, -0.25) is 4.79 Å². The molecule has 2 aliphatic rings. The Hall–Kier alpha value is -2.92. The van der Waals surface area contributed by atoms with E-state index in [1.807, 2.05) is 0 Å². The highest BCUT2D eigenvalue weighted by molar-refractivity contribution is 5.91. The van der Waals surface area contributed by atoms with Gasteiger partial charge in [0.15, 0.2) is 0 Å². The molecule has 8 heteroatoms. The SMILES string of the molecule is CC1CCC(C)(C)CC1.CCCN1CCC(C#N)(NC(=O)C(C)Nc2nc(=O)oc3ccccc23)CC1. The molecule has 0 radical (unpaired) electrons. The van der Waals surface area contributed by atoms with Gasteiger partial charge in [0.2, 0.25) is 5.91 Å². The first kappa shape index (κ1) is 28.6. The fourth-order valence-corrected chi connectivity index (χ4v) is 5.03. The van der Waals surface area contributed by atoms with Crippen LogP contribution in [0, 0.1) is 22.7 Å². The van der Waals surface area contributed by atoms with E-state index in [9.17, 15) is 14.9 Å². The van der Waals surface area contributed by atoms with Crippen LogP contribution in [0.2, 0.25) is 0 Å². The summed E-state index contributed by atoms with van der Waals surface area (Å²) in [5, 5.41) is 16.2. The highest BCUT2D eigenvalue weighted by atomic mass is 16.4. The molecule has 1 aromatic carbocycles. The normalized spacial score (nSPS) is 20.2. The first-order valence-corrected chi connectivity index (χ1v) is 13.7. The second-order valence-electron chi connectivity index (χ2n) is 11.6. The molecule has 1 saturated carbocycles. The number of piperidine rings is 1. The molecule has 1 atom stereocenters. The number of hydrogen-bond acceptors (Lipinski definition) is 7. The molecule has 2 fully saturated rings. The third kappa shape index (κ3) is 8.03. The van der Waals surface area contributed by atoms with E-state index < -0.39 is 17.3 Å². The number of hydrogen-bond donors (Lipinski definition) is 2. The van der Waals surface area contributed by atoms with Gasteiger partial charge in [0.1, 0.15) is 23.0 Å². The standard InChI is InChI=1S/C20H25N5O3.C9H18/c1-3-10-25-11-8-20(13-21,9-12-25)24-18(26)14(2)22-17-15-6-4-5-7-16(15)28-19(27)23-17;1-8-4-6-9(2,3)7-5-8/h4-7,14H,3,8-12H2,1-2H3,(H,24,26)(H,22,23,27);8H,4-7H2,1-3H3. The zero-order valence-corrected chi connectivity index (χ0v) is 23.1. The summed E-state index contributed by atoms with van der Waals surface area (Å²) in [5.41, 5.74) is 0.198. The van der Waals surface area contributed by atoms with Crippen LogP contribution in [0.5, 0.6) is 0 Å². The molecule has 2 heterocycles. The largest absolute Gasteiger partial charge is 0.441 e. The van der Waals surface area contributed by atoms with E-state index in [4.69, 9.17) is 4.42 Å². The number of anilines is 1. The molecule has 1 aliphatic carbocycles. The number of amides is 1. The van der Waals surface area contributed by atoms with Gasteiger partial charge in [-0.2, -0.15) is 10.2 Å². The predicted octanol–water partition coefficient (Wildman–Crippen LogP) is 5.10. The van der Waals surface area contributed by atoms with Crippen LogP contribution >= 0.6 is 0 Å². The average Bonchev–Trinajstić information content (AvgIpc) is 2.87. The van der Waals surface area contributed by atoms with Gasteiger partial charge in [-0.15, -0.1) is 0 Å². The van der Waals surface area contributed by atoms with Crippen molar-refractivity contribution in [2.75, 3.05) is 25.0 Å². The van der Waals surface area contributed by atoms with Crippen molar-refractivity contribution in [3.05, 3.63) is 34.8 Å². The molecule has 1 saturated heterocycles. The van der Waals surface area contributed by atoms with Gasteiger partial charge in [-0.05, 0) is 69.0 Å². The van der Waals surface area contributed by atoms with Gasteiger partial charge in [-0.25, -0.2) is 4.79 Å². The molecule has 1 aliphatic heterocycles. The van der Waals surface area contributed by atoms with Crippen molar-refractivity contribution in [2.24, 2.45) is 11.3 Å². The van der Waals surface area contributed by atoms with E-state index in [0.29, 0.717) is 35.0 Å². The number of rotatable bonds is 6. The number of nitrogens with zero attached hydrogens (tertiary/aromatic N) is 3. The van der Waals surface area contributed by atoms with E-state index in [1.54, 1.807) is 31.2 Å². The first-order valence-electron chi connectivity index (χ1n) is 13.7. The fourth-order valence-electron chi connectivity index (χ4n) is 5.03. The first-order chi connectivity index (χ1) is 17.6. The summed E-state index contributed by atoms with van der Waals surface area (Å²) >= 11 is 0. The molecule has 202 valence electrons. The summed E-state index contributed by atoms with van der Waals surface area (Å²) in [6.07, 6.45) is 8.04. The van der Waals surface area contributed by atoms with Gasteiger partial charge in [0.05, 0.1) is 11.5 Å². The van der Waals surface area contributed by atoms with Gasteiger partial charge in [0.25, 0.3) is 0 Å². The second kappa shape index (κ2) is 12.6. The van der Waals surface area contributed by atoms with Crippen LogP contribution in [0.4, 0.5) is 5.82 Å². The molecule has 2 aromatic rings. The Bertz CT molecular complexity index is 1130. The minimum atomic E-state index is -0.859. The molecular formula is C29H43N5O3. The van der Waals surface area contributed by atoms with E-state index in [0.717, 1.165) is 32.0 Å². The number of fused-ring (bicyclic) bond motifs is 1. The topological polar surface area (TPSA) is 111 Å². The lowest BCUT2D eigenvalue weighted by Gasteiger charge is -2.38. The Morgan fingerprint density at radius 2 is 1.86 bits per heavy atom. The van der Waals surface area contributed by atoms with Gasteiger partial charge < -0.3 is 20.0 Å². The molecule has 8 nitrogen and oxygen atoms in total. The molecule has 37 heavy (non-hydrogen) atoms. The molecule has 1 amide bonds. The fraction of sp³-hybridized carbons (Fsp3) is 0.655. The van der Waals surface area contributed by atoms with Crippen LogP contribution in [0.15, 0.2) is 33.5 Å². The summed E-state index contributed by atoms with van der Waals surface area (Å²) in [4.78, 5) is 30.6. The number of nitriles is 1. The molecule has 1 aromatic heterocycles. The third-order valence-corrected chi connectivity index (χ3v) is 7.74. The van der Waals surface area contributed by atoms with Crippen LogP contribution in [0.1, 0.15) is 79.6 Å². The van der Waals surface area contributed by atoms with E-state index >= 15 is 0 Å². The molecular weight excluding hydrogens is 466 g/mol. The molecule has 4 rings (SSSR count). The minimum absolute atomic E-state index is 0.290. The number of para-hydroxylation sites is 1. The van der Waals surface area contributed by atoms with Crippen molar-refractivity contribution in [1.82, 2.24) is 15.2 Å². The summed E-state index contributed by atoms with van der Waals surface area (Å²) in [5.74, 6) is 0.256. The lowest BCUT2D eigenvalue weighted by atomic mass is 9.74. The Kier molecular flexibility index (Phi) is 9.72. The molecule has 0 spiro atoms. The van der Waals surface area contributed by atoms with Crippen molar-refractivity contribution in [2.45, 2.75) is 91.1 Å². The van der Waals surface area contributed by atoms with Crippen molar-refractivity contribution in [3.8, 4) is 6.07 Å². The van der Waals surface area contributed by atoms with E-state index in [1.165, 1.54) is 25.7 Å². The maximum atomic E-state index is 12.7. The number of carbonyl (C=O) groups excluding carboxylic acids is 1. The maximum Gasteiger partial charge on any atom is 0.441 e.